The zero-order valence-electron chi connectivity index (χ0n) is 17.9. The van der Waals surface area contributed by atoms with Crippen molar-refractivity contribution in [3.63, 3.8) is 0 Å². The van der Waals surface area contributed by atoms with Crippen LogP contribution in [-0.2, 0) is 19.8 Å². The Bertz CT molecular complexity index is 1010. The molecular formula is C22H24BrCl2N3O4. The summed E-state index contributed by atoms with van der Waals surface area (Å²) in [5, 5.41) is 3.33. The topological polar surface area (TPSA) is 96.5 Å². The van der Waals surface area contributed by atoms with Gasteiger partial charge in [0.15, 0.2) is 6.61 Å². The van der Waals surface area contributed by atoms with Gasteiger partial charge in [-0.05, 0) is 57.2 Å². The Kier molecular flexibility index (Phi) is 9.36. The van der Waals surface area contributed by atoms with E-state index in [2.05, 4.69) is 52.9 Å². The monoisotopic (exact) mass is 543 g/mol. The number of hydrazine groups is 1. The molecule has 0 saturated carbocycles. The van der Waals surface area contributed by atoms with Crippen LogP contribution in [-0.4, -0.2) is 24.3 Å². The molecule has 0 heterocycles. The van der Waals surface area contributed by atoms with Crippen molar-refractivity contribution in [3.05, 3.63) is 56.5 Å². The highest BCUT2D eigenvalue weighted by Gasteiger charge is 2.16. The quantitative estimate of drug-likeness (QED) is 0.427. The van der Waals surface area contributed by atoms with E-state index in [1.54, 1.807) is 18.2 Å². The molecule has 0 aromatic heterocycles. The number of hydrogen-bond donors (Lipinski definition) is 3. The summed E-state index contributed by atoms with van der Waals surface area (Å²) in [6, 6.07) is 10.3. The van der Waals surface area contributed by atoms with Crippen LogP contribution in [0.1, 0.15) is 39.2 Å². The predicted molar refractivity (Wildman–Crippen MR) is 129 cm³/mol. The molecule has 0 radical (unpaired) electrons. The van der Waals surface area contributed by atoms with E-state index < -0.39 is 17.7 Å². The SMILES string of the molecule is CC(C)(C)c1ccc(OCC(=O)NNC(=O)CCC(=O)Nc2ccc(Cl)cc2Cl)c(Br)c1. The number of carbonyl (C=O) groups excluding carboxylic acids is 3. The lowest BCUT2D eigenvalue weighted by molar-refractivity contribution is -0.130. The van der Waals surface area contributed by atoms with Crippen molar-refractivity contribution in [3.8, 4) is 5.75 Å². The fourth-order valence-corrected chi connectivity index (χ4v) is 3.45. The molecule has 2 aromatic rings. The fourth-order valence-electron chi connectivity index (χ4n) is 2.50. The standard InChI is InChI=1S/C22H24BrCl2N3O4/c1-22(2,3)13-4-7-18(15(23)10-13)32-12-21(31)28-27-20(30)9-8-19(29)26-17-6-5-14(24)11-16(17)25/h4-7,10-11H,8-9,12H2,1-3H3,(H,26,29)(H,27,30)(H,28,31). The van der Waals surface area contributed by atoms with Gasteiger partial charge >= 0.3 is 0 Å². The second-order valence-corrected chi connectivity index (χ2v) is 9.65. The molecule has 3 N–H and O–H groups in total. The molecular weight excluding hydrogens is 521 g/mol. The average molecular weight is 545 g/mol. The normalized spacial score (nSPS) is 10.9. The van der Waals surface area contributed by atoms with Crippen LogP contribution in [0.4, 0.5) is 5.69 Å². The number of anilines is 1. The third-order valence-corrected chi connectivity index (χ3v) is 5.45. The summed E-state index contributed by atoms with van der Waals surface area (Å²) in [7, 11) is 0. The Labute approximate surface area is 205 Å². The van der Waals surface area contributed by atoms with Crippen molar-refractivity contribution in [2.24, 2.45) is 0 Å². The Morgan fingerprint density at radius 2 is 1.59 bits per heavy atom. The maximum absolute atomic E-state index is 12.0. The number of halogens is 3. The van der Waals surface area contributed by atoms with Crippen LogP contribution < -0.4 is 20.9 Å². The third kappa shape index (κ3) is 8.33. The molecule has 0 atom stereocenters. The molecule has 0 aliphatic rings. The molecule has 3 amide bonds. The predicted octanol–water partition coefficient (Wildman–Crippen LogP) is 5.00. The minimum Gasteiger partial charge on any atom is -0.483 e. The molecule has 0 fully saturated rings. The minimum atomic E-state index is -0.539. The van der Waals surface area contributed by atoms with E-state index in [0.717, 1.165) is 10.0 Å². The van der Waals surface area contributed by atoms with Crippen molar-refractivity contribution in [2.45, 2.75) is 39.0 Å². The summed E-state index contributed by atoms with van der Waals surface area (Å²) in [5.74, 6) is -0.950. The van der Waals surface area contributed by atoms with Gasteiger partial charge in [0.05, 0.1) is 15.2 Å². The van der Waals surface area contributed by atoms with Gasteiger partial charge in [-0.25, -0.2) is 0 Å². The van der Waals surface area contributed by atoms with E-state index in [4.69, 9.17) is 27.9 Å². The lowest BCUT2D eigenvalue weighted by Crippen LogP contribution is -2.44. The van der Waals surface area contributed by atoms with Crippen LogP contribution in [0.3, 0.4) is 0 Å². The van der Waals surface area contributed by atoms with Crippen LogP contribution >= 0.6 is 39.1 Å². The Morgan fingerprint density at radius 1 is 0.938 bits per heavy atom. The van der Waals surface area contributed by atoms with Crippen LogP contribution in [0.2, 0.25) is 10.0 Å². The van der Waals surface area contributed by atoms with Gasteiger partial charge in [0.25, 0.3) is 5.91 Å². The molecule has 2 rings (SSSR count). The highest BCUT2D eigenvalue weighted by atomic mass is 79.9. The second kappa shape index (κ2) is 11.5. The summed E-state index contributed by atoms with van der Waals surface area (Å²) in [6.45, 7) is 6.01. The van der Waals surface area contributed by atoms with Crippen LogP contribution in [0.25, 0.3) is 0 Å². The van der Waals surface area contributed by atoms with Crippen molar-refractivity contribution >= 4 is 62.5 Å². The van der Waals surface area contributed by atoms with E-state index >= 15 is 0 Å². The molecule has 0 aliphatic carbocycles. The van der Waals surface area contributed by atoms with E-state index in [9.17, 15) is 14.4 Å². The fraction of sp³-hybridized carbons (Fsp3) is 0.318. The Balaban J connectivity index is 1.71. The van der Waals surface area contributed by atoms with E-state index in [0.29, 0.717) is 21.5 Å². The van der Waals surface area contributed by atoms with Crippen molar-refractivity contribution < 1.29 is 19.1 Å². The van der Waals surface area contributed by atoms with E-state index in [1.165, 1.54) is 6.07 Å². The Morgan fingerprint density at radius 3 is 2.22 bits per heavy atom. The lowest BCUT2D eigenvalue weighted by Gasteiger charge is -2.20. The molecule has 0 aliphatic heterocycles. The first kappa shape index (κ1) is 26.0. The molecule has 172 valence electrons. The molecule has 0 spiro atoms. The molecule has 0 bridgehead atoms. The molecule has 10 heteroatoms. The first-order chi connectivity index (χ1) is 15.0. The maximum Gasteiger partial charge on any atom is 0.276 e. The second-order valence-electron chi connectivity index (χ2n) is 7.95. The molecule has 32 heavy (non-hydrogen) atoms. The first-order valence-corrected chi connectivity index (χ1v) is 11.3. The van der Waals surface area contributed by atoms with E-state index in [-0.39, 0.29) is 24.9 Å². The van der Waals surface area contributed by atoms with Gasteiger partial charge in [-0.2, -0.15) is 0 Å². The highest BCUT2D eigenvalue weighted by molar-refractivity contribution is 9.10. The smallest absolute Gasteiger partial charge is 0.276 e. The summed E-state index contributed by atoms with van der Waals surface area (Å²) in [6.07, 6.45) is -0.220. The number of amides is 3. The number of rotatable bonds is 7. The van der Waals surface area contributed by atoms with Crippen LogP contribution in [0.5, 0.6) is 5.75 Å². The number of ether oxygens (including phenoxy) is 1. The van der Waals surface area contributed by atoms with Gasteiger partial charge < -0.3 is 10.1 Å². The third-order valence-electron chi connectivity index (χ3n) is 4.28. The van der Waals surface area contributed by atoms with Gasteiger partial charge in [0.2, 0.25) is 11.8 Å². The van der Waals surface area contributed by atoms with Crippen LogP contribution in [0.15, 0.2) is 40.9 Å². The maximum atomic E-state index is 12.0. The van der Waals surface area contributed by atoms with Crippen molar-refractivity contribution in [2.75, 3.05) is 11.9 Å². The summed E-state index contributed by atoms with van der Waals surface area (Å²) in [5.41, 5.74) is 6.00. The highest BCUT2D eigenvalue weighted by Crippen LogP contribution is 2.31. The Hall–Kier alpha value is -2.29. The van der Waals surface area contributed by atoms with Gasteiger partial charge in [-0.3, -0.25) is 25.2 Å². The van der Waals surface area contributed by atoms with Crippen molar-refractivity contribution in [1.82, 2.24) is 10.9 Å². The zero-order chi connectivity index (χ0) is 23.9. The van der Waals surface area contributed by atoms with Gasteiger partial charge in [-0.1, -0.05) is 50.0 Å². The van der Waals surface area contributed by atoms with Crippen molar-refractivity contribution in [1.29, 1.82) is 0 Å². The largest absolute Gasteiger partial charge is 0.483 e. The van der Waals surface area contributed by atoms with E-state index in [1.807, 2.05) is 12.1 Å². The zero-order valence-corrected chi connectivity index (χ0v) is 21.0. The summed E-state index contributed by atoms with van der Waals surface area (Å²) >= 11 is 15.2. The number of carbonyl (C=O) groups is 3. The van der Waals surface area contributed by atoms with Gasteiger partial charge in [0, 0.05) is 17.9 Å². The number of nitrogens with one attached hydrogen (secondary N) is 3. The average Bonchev–Trinajstić information content (AvgIpc) is 2.71. The molecule has 2 aromatic carbocycles. The van der Waals surface area contributed by atoms with Gasteiger partial charge in [0.1, 0.15) is 5.75 Å². The molecule has 0 saturated heterocycles. The molecule has 7 nitrogen and oxygen atoms in total. The van der Waals surface area contributed by atoms with Crippen LogP contribution in [0, 0.1) is 0 Å². The minimum absolute atomic E-state index is 0.0132. The van der Waals surface area contributed by atoms with Gasteiger partial charge in [-0.15, -0.1) is 0 Å². The molecule has 0 unspecified atom stereocenters. The summed E-state index contributed by atoms with van der Waals surface area (Å²) < 4.78 is 6.22. The first-order valence-electron chi connectivity index (χ1n) is 9.71. The lowest BCUT2D eigenvalue weighted by atomic mass is 9.87. The number of hydrogen-bond acceptors (Lipinski definition) is 4. The summed E-state index contributed by atoms with van der Waals surface area (Å²) in [4.78, 5) is 35.8. The number of benzene rings is 2.